The van der Waals surface area contributed by atoms with E-state index in [0.717, 1.165) is 25.9 Å². The van der Waals surface area contributed by atoms with Crippen LogP contribution in [0.1, 0.15) is 24.0 Å². The molecular weight excluding hydrogens is 270 g/mol. The maximum Gasteiger partial charge on any atom is 0.0726 e. The number of hydrogen-bond donors (Lipinski definition) is 0. The Morgan fingerprint density at radius 3 is 2.41 bits per heavy atom. The van der Waals surface area contributed by atoms with E-state index < -0.39 is 0 Å². The van der Waals surface area contributed by atoms with Crippen molar-refractivity contribution in [2.24, 2.45) is 0 Å². The molecule has 0 spiro atoms. The second kappa shape index (κ2) is 7.08. The number of aryl methyl sites for hydroxylation is 1. The van der Waals surface area contributed by atoms with Crippen molar-refractivity contribution < 1.29 is 4.74 Å². The molecule has 0 saturated carbocycles. The summed E-state index contributed by atoms with van der Waals surface area (Å²) in [4.78, 5) is 2.38. The van der Waals surface area contributed by atoms with E-state index in [4.69, 9.17) is 4.74 Å². The highest BCUT2D eigenvalue weighted by Gasteiger charge is 2.17. The third-order valence-electron chi connectivity index (χ3n) is 4.52. The quantitative estimate of drug-likeness (QED) is 0.835. The van der Waals surface area contributed by atoms with Gasteiger partial charge in [-0.15, -0.1) is 0 Å². The molecular formula is C20H25NO. The Balaban J connectivity index is 1.70. The van der Waals surface area contributed by atoms with Crippen LogP contribution in [0.25, 0.3) is 11.1 Å². The second-order valence-corrected chi connectivity index (χ2v) is 6.34. The number of nitrogens with zero attached hydrogens (tertiary/aromatic N) is 1. The molecule has 116 valence electrons. The standard InChI is InChI=1S/C20H25NO/c1-16-7-9-17(10-8-16)20-6-4-3-5-18(20)15-22-19-11-13-21(2)14-12-19/h3-10,19H,11-15H2,1-2H3. The molecule has 22 heavy (non-hydrogen) atoms. The molecule has 1 fully saturated rings. The van der Waals surface area contributed by atoms with Crippen molar-refractivity contribution in [3.63, 3.8) is 0 Å². The lowest BCUT2D eigenvalue weighted by Gasteiger charge is -2.29. The molecule has 0 radical (unpaired) electrons. The average molecular weight is 295 g/mol. The molecule has 2 heteroatoms. The van der Waals surface area contributed by atoms with Crippen LogP contribution in [-0.2, 0) is 11.3 Å². The van der Waals surface area contributed by atoms with Crippen molar-refractivity contribution in [2.45, 2.75) is 32.5 Å². The van der Waals surface area contributed by atoms with Crippen molar-refractivity contribution in [3.05, 3.63) is 59.7 Å². The van der Waals surface area contributed by atoms with Gasteiger partial charge in [-0.25, -0.2) is 0 Å². The second-order valence-electron chi connectivity index (χ2n) is 6.34. The Hall–Kier alpha value is -1.64. The van der Waals surface area contributed by atoms with Gasteiger partial charge in [0.25, 0.3) is 0 Å². The van der Waals surface area contributed by atoms with Gasteiger partial charge in [0.05, 0.1) is 12.7 Å². The van der Waals surface area contributed by atoms with Crippen LogP contribution in [-0.4, -0.2) is 31.1 Å². The normalized spacial score (nSPS) is 16.8. The highest BCUT2D eigenvalue weighted by atomic mass is 16.5. The first kappa shape index (κ1) is 15.3. The minimum atomic E-state index is 0.405. The number of likely N-dealkylation sites (tertiary alicyclic amines) is 1. The summed E-state index contributed by atoms with van der Waals surface area (Å²) in [5.41, 5.74) is 5.14. The van der Waals surface area contributed by atoms with Crippen molar-refractivity contribution >= 4 is 0 Å². The average Bonchev–Trinajstić information content (AvgIpc) is 2.55. The summed E-state index contributed by atoms with van der Waals surface area (Å²) >= 11 is 0. The molecule has 2 nitrogen and oxygen atoms in total. The zero-order chi connectivity index (χ0) is 15.4. The number of rotatable bonds is 4. The number of hydrogen-bond acceptors (Lipinski definition) is 2. The molecule has 1 saturated heterocycles. The van der Waals surface area contributed by atoms with Gasteiger partial charge in [0, 0.05) is 13.1 Å². The Kier molecular flexibility index (Phi) is 4.91. The summed E-state index contributed by atoms with van der Waals surface area (Å²) in [7, 11) is 2.18. The molecule has 0 bridgehead atoms. The maximum atomic E-state index is 6.18. The van der Waals surface area contributed by atoms with Crippen molar-refractivity contribution in [1.29, 1.82) is 0 Å². The summed E-state index contributed by atoms with van der Waals surface area (Å²) in [6, 6.07) is 17.3. The Labute approximate surface area is 133 Å². The predicted molar refractivity (Wildman–Crippen MR) is 91.9 cm³/mol. The first-order valence-corrected chi connectivity index (χ1v) is 8.17. The summed E-state index contributed by atoms with van der Waals surface area (Å²) in [5, 5.41) is 0. The molecule has 3 rings (SSSR count). The van der Waals surface area contributed by atoms with Crippen LogP contribution in [0.5, 0.6) is 0 Å². The Morgan fingerprint density at radius 2 is 1.68 bits per heavy atom. The largest absolute Gasteiger partial charge is 0.373 e. The summed E-state index contributed by atoms with van der Waals surface area (Å²) < 4.78 is 6.18. The van der Waals surface area contributed by atoms with E-state index in [1.54, 1.807) is 0 Å². The van der Waals surface area contributed by atoms with Crippen molar-refractivity contribution in [1.82, 2.24) is 4.90 Å². The van der Waals surface area contributed by atoms with Crippen LogP contribution >= 0.6 is 0 Å². The molecule has 0 amide bonds. The Morgan fingerprint density at radius 1 is 1.00 bits per heavy atom. The number of benzene rings is 2. The lowest BCUT2D eigenvalue weighted by Crippen LogP contribution is -2.34. The molecule has 1 aliphatic rings. The van der Waals surface area contributed by atoms with E-state index in [1.165, 1.54) is 22.3 Å². The minimum Gasteiger partial charge on any atom is -0.373 e. The van der Waals surface area contributed by atoms with Gasteiger partial charge in [-0.2, -0.15) is 0 Å². The first-order valence-electron chi connectivity index (χ1n) is 8.17. The van der Waals surface area contributed by atoms with Crippen LogP contribution in [0, 0.1) is 6.92 Å². The smallest absolute Gasteiger partial charge is 0.0726 e. The van der Waals surface area contributed by atoms with E-state index in [9.17, 15) is 0 Å². The van der Waals surface area contributed by atoms with Crippen LogP contribution in [0.3, 0.4) is 0 Å². The minimum absolute atomic E-state index is 0.405. The van der Waals surface area contributed by atoms with Crippen molar-refractivity contribution in [3.8, 4) is 11.1 Å². The van der Waals surface area contributed by atoms with Gasteiger partial charge in [0.15, 0.2) is 0 Å². The SMILES string of the molecule is Cc1ccc(-c2ccccc2COC2CCN(C)CC2)cc1. The summed E-state index contributed by atoms with van der Waals surface area (Å²) in [6.07, 6.45) is 2.69. The van der Waals surface area contributed by atoms with Crippen LogP contribution in [0.2, 0.25) is 0 Å². The van der Waals surface area contributed by atoms with Crippen LogP contribution in [0.4, 0.5) is 0 Å². The summed E-state index contributed by atoms with van der Waals surface area (Å²) in [6.45, 7) is 5.12. The van der Waals surface area contributed by atoms with E-state index in [1.807, 2.05) is 0 Å². The van der Waals surface area contributed by atoms with Gasteiger partial charge >= 0.3 is 0 Å². The molecule has 0 N–H and O–H groups in total. The number of piperidine rings is 1. The van der Waals surface area contributed by atoms with E-state index in [2.05, 4.69) is 67.4 Å². The molecule has 0 unspecified atom stereocenters. The fourth-order valence-corrected chi connectivity index (χ4v) is 3.02. The lowest BCUT2D eigenvalue weighted by molar-refractivity contribution is 0.00232. The highest BCUT2D eigenvalue weighted by molar-refractivity contribution is 5.67. The Bertz CT molecular complexity index is 597. The van der Waals surface area contributed by atoms with Crippen LogP contribution in [0.15, 0.2) is 48.5 Å². The van der Waals surface area contributed by atoms with Gasteiger partial charge < -0.3 is 9.64 Å². The molecule has 0 aromatic heterocycles. The third-order valence-corrected chi connectivity index (χ3v) is 4.52. The van der Waals surface area contributed by atoms with Gasteiger partial charge in [-0.1, -0.05) is 54.1 Å². The molecule has 1 aliphatic heterocycles. The zero-order valence-corrected chi connectivity index (χ0v) is 13.6. The van der Waals surface area contributed by atoms with Gasteiger partial charge in [-0.3, -0.25) is 0 Å². The third kappa shape index (κ3) is 3.76. The molecule has 0 aliphatic carbocycles. The molecule has 2 aromatic rings. The first-order chi connectivity index (χ1) is 10.7. The fraction of sp³-hybridized carbons (Fsp3) is 0.400. The predicted octanol–water partition coefficient (Wildman–Crippen LogP) is 4.27. The van der Waals surface area contributed by atoms with Crippen LogP contribution < -0.4 is 0 Å². The highest BCUT2D eigenvalue weighted by Crippen LogP contribution is 2.25. The maximum absolute atomic E-state index is 6.18. The van der Waals surface area contributed by atoms with E-state index in [0.29, 0.717) is 12.7 Å². The zero-order valence-electron chi connectivity index (χ0n) is 13.6. The summed E-state index contributed by atoms with van der Waals surface area (Å²) in [5.74, 6) is 0. The van der Waals surface area contributed by atoms with Gasteiger partial charge in [0.1, 0.15) is 0 Å². The fourth-order valence-electron chi connectivity index (χ4n) is 3.02. The molecule has 2 aromatic carbocycles. The lowest BCUT2D eigenvalue weighted by atomic mass is 9.99. The van der Waals surface area contributed by atoms with Gasteiger partial charge in [-0.05, 0) is 43.5 Å². The monoisotopic (exact) mass is 295 g/mol. The van der Waals surface area contributed by atoms with E-state index in [-0.39, 0.29) is 0 Å². The number of ether oxygens (including phenoxy) is 1. The van der Waals surface area contributed by atoms with Gasteiger partial charge in [0.2, 0.25) is 0 Å². The van der Waals surface area contributed by atoms with Crippen molar-refractivity contribution in [2.75, 3.05) is 20.1 Å². The van der Waals surface area contributed by atoms with E-state index >= 15 is 0 Å². The molecule has 1 heterocycles. The topological polar surface area (TPSA) is 12.5 Å². The molecule has 0 atom stereocenters.